The zero-order valence-electron chi connectivity index (χ0n) is 27.5. The number of tetrazole rings is 1. The van der Waals surface area contributed by atoms with Gasteiger partial charge in [-0.2, -0.15) is 4.68 Å². The van der Waals surface area contributed by atoms with Crippen molar-refractivity contribution in [2.75, 3.05) is 23.9 Å². The van der Waals surface area contributed by atoms with Gasteiger partial charge >= 0.3 is 0 Å². The molecule has 2 aliphatic heterocycles. The van der Waals surface area contributed by atoms with Crippen molar-refractivity contribution in [2.45, 2.75) is 68.5 Å². The number of allylic oxidation sites excluding steroid dienone is 6. The van der Waals surface area contributed by atoms with Crippen LogP contribution in [0, 0.1) is 0 Å². The molecule has 4 aromatic rings. The summed E-state index contributed by atoms with van der Waals surface area (Å²) in [4.78, 5) is 6.07. The Kier molecular flexibility index (Phi) is 6.53. The molecule has 2 aliphatic carbocycles. The van der Waals surface area contributed by atoms with Gasteiger partial charge in [0.2, 0.25) is 5.16 Å². The minimum Gasteiger partial charge on any atom is -0.364 e. The van der Waals surface area contributed by atoms with Crippen LogP contribution in [0.25, 0.3) is 5.69 Å². The zero-order valence-corrected chi connectivity index (χ0v) is 28.3. The fourth-order valence-corrected chi connectivity index (χ4v) is 9.28. The molecular formula is C39H40N6S. The van der Waals surface area contributed by atoms with Crippen LogP contribution in [0.4, 0.5) is 11.4 Å². The lowest BCUT2D eigenvalue weighted by atomic mass is 9.80. The molecule has 0 amide bonds. The van der Waals surface area contributed by atoms with Crippen molar-refractivity contribution in [3.05, 3.63) is 136 Å². The average molecular weight is 625 g/mol. The molecule has 0 N–H and O–H groups in total. The first-order valence-electron chi connectivity index (χ1n) is 16.2. The second kappa shape index (κ2) is 10.3. The van der Waals surface area contributed by atoms with E-state index in [1.165, 1.54) is 49.8 Å². The number of hydrogen-bond donors (Lipinski definition) is 0. The molecule has 0 fully saturated rings. The van der Waals surface area contributed by atoms with E-state index in [2.05, 4.69) is 134 Å². The minimum atomic E-state index is -0.131. The second-order valence-corrected chi connectivity index (χ2v) is 14.8. The van der Waals surface area contributed by atoms with Gasteiger partial charge in [0, 0.05) is 46.9 Å². The standard InChI is InChI=1S/C39H40N6S/c1-37(2)29-18-10-11-20-31(29)43(5)33(37)23-22-26-14-12-15-27(35(26)46-36-40-41-42-45(36)28-16-8-7-9-17-28)24-25-38(3)39(4)30-19-13-21-32(34(30)39)44(38)6/h7-11,13,16-25H,12,14-15H2,1-6H3/b25-24+,26-22+,33-23+. The topological polar surface area (TPSA) is 50.1 Å². The molecule has 1 aromatic heterocycles. The van der Waals surface area contributed by atoms with E-state index in [9.17, 15) is 0 Å². The Hall–Kier alpha value is -4.36. The van der Waals surface area contributed by atoms with E-state index >= 15 is 0 Å². The molecule has 7 heteroatoms. The highest BCUT2D eigenvalue weighted by atomic mass is 32.2. The fourth-order valence-electron chi connectivity index (χ4n) is 8.19. The molecule has 8 rings (SSSR count). The number of nitrogens with zero attached hydrogens (tertiary/aromatic N) is 6. The number of hydrogen-bond acceptors (Lipinski definition) is 6. The Balaban J connectivity index is 1.21. The number of rotatable bonds is 6. The molecule has 2 atom stereocenters. The summed E-state index contributed by atoms with van der Waals surface area (Å²) in [5.41, 5.74) is 11.8. The minimum absolute atomic E-state index is 0.0494. The number of fused-ring (bicyclic) bond motifs is 2. The van der Waals surface area contributed by atoms with Gasteiger partial charge in [0.15, 0.2) is 0 Å². The van der Waals surface area contributed by atoms with Crippen LogP contribution in [0.2, 0.25) is 0 Å². The molecule has 2 unspecified atom stereocenters. The predicted molar refractivity (Wildman–Crippen MR) is 189 cm³/mol. The van der Waals surface area contributed by atoms with Crippen LogP contribution in [0.15, 0.2) is 124 Å². The summed E-state index contributed by atoms with van der Waals surface area (Å²) >= 11 is 1.69. The van der Waals surface area contributed by atoms with E-state index in [1.807, 2.05) is 35.0 Å². The van der Waals surface area contributed by atoms with Crippen molar-refractivity contribution >= 4 is 23.1 Å². The van der Waals surface area contributed by atoms with Crippen LogP contribution in [0.1, 0.15) is 63.6 Å². The largest absolute Gasteiger partial charge is 0.364 e. The molecular weight excluding hydrogens is 585 g/mol. The Morgan fingerprint density at radius 3 is 2.33 bits per heavy atom. The normalized spacial score (nSPS) is 26.0. The van der Waals surface area contributed by atoms with Crippen LogP contribution in [0.5, 0.6) is 0 Å². The number of para-hydroxylation sites is 2. The van der Waals surface area contributed by atoms with Gasteiger partial charge in [-0.3, -0.25) is 0 Å². The van der Waals surface area contributed by atoms with Gasteiger partial charge in [-0.25, -0.2) is 0 Å². The van der Waals surface area contributed by atoms with E-state index in [-0.39, 0.29) is 16.4 Å². The van der Waals surface area contributed by atoms with Crippen LogP contribution < -0.4 is 9.80 Å². The highest BCUT2D eigenvalue weighted by molar-refractivity contribution is 8.03. The maximum Gasteiger partial charge on any atom is 0.218 e. The predicted octanol–water partition coefficient (Wildman–Crippen LogP) is 8.51. The van der Waals surface area contributed by atoms with Crippen LogP contribution >= 0.6 is 11.8 Å². The lowest BCUT2D eigenvalue weighted by molar-refractivity contribution is 0.444. The molecule has 46 heavy (non-hydrogen) atoms. The molecule has 6 nitrogen and oxygen atoms in total. The molecule has 3 heterocycles. The van der Waals surface area contributed by atoms with Gasteiger partial charge in [0.25, 0.3) is 0 Å². The third kappa shape index (κ3) is 4.07. The van der Waals surface area contributed by atoms with Gasteiger partial charge in [-0.1, -0.05) is 80.6 Å². The maximum absolute atomic E-state index is 4.51. The highest BCUT2D eigenvalue weighted by Crippen LogP contribution is 2.67. The number of thioether (sulfide) groups is 1. The van der Waals surface area contributed by atoms with E-state index in [0.29, 0.717) is 0 Å². The lowest BCUT2D eigenvalue weighted by Crippen LogP contribution is -2.48. The monoisotopic (exact) mass is 624 g/mol. The zero-order chi connectivity index (χ0) is 31.8. The molecule has 232 valence electrons. The van der Waals surface area contributed by atoms with E-state index in [1.54, 1.807) is 11.8 Å². The van der Waals surface area contributed by atoms with Gasteiger partial charge in [0.05, 0.1) is 11.2 Å². The first-order valence-corrected chi connectivity index (χ1v) is 17.0. The molecule has 0 bridgehead atoms. The molecule has 3 aromatic carbocycles. The maximum atomic E-state index is 4.51. The lowest BCUT2D eigenvalue weighted by Gasteiger charge is -2.39. The fraction of sp³-hybridized carbons (Fsp3) is 0.308. The molecule has 0 saturated carbocycles. The number of aromatic nitrogens is 4. The summed E-state index contributed by atoms with van der Waals surface area (Å²) in [6, 6.07) is 25.7. The van der Waals surface area contributed by atoms with E-state index in [0.717, 1.165) is 30.1 Å². The van der Waals surface area contributed by atoms with Gasteiger partial charge in [0.1, 0.15) is 0 Å². The Morgan fingerprint density at radius 1 is 0.804 bits per heavy atom. The highest BCUT2D eigenvalue weighted by Gasteiger charge is 2.66. The smallest absolute Gasteiger partial charge is 0.218 e. The summed E-state index contributed by atoms with van der Waals surface area (Å²) in [5.74, 6) is 0. The third-order valence-corrected chi connectivity index (χ3v) is 12.4. The van der Waals surface area contributed by atoms with Crippen molar-refractivity contribution in [1.29, 1.82) is 0 Å². The quantitative estimate of drug-likeness (QED) is 0.214. The number of likely N-dealkylation sites (N-methyl/N-ethyl adjacent to an activating group) is 2. The van der Waals surface area contributed by atoms with Gasteiger partial charge < -0.3 is 9.80 Å². The average Bonchev–Trinajstić information content (AvgIpc) is 3.28. The SMILES string of the molecule is CN1/C(=C/C=C2\CCCC(/C=C/C3(C)N(C)c4cccc5c4C53C)=C2Sc2nnnn2-c2ccccc2)C(C)(C)c2ccccc21. The summed E-state index contributed by atoms with van der Waals surface area (Å²) in [6.07, 6.45) is 12.7. The molecule has 0 saturated heterocycles. The van der Waals surface area contributed by atoms with Crippen LogP contribution in [-0.4, -0.2) is 39.8 Å². The number of anilines is 2. The Morgan fingerprint density at radius 2 is 1.54 bits per heavy atom. The molecule has 4 aliphatic rings. The second-order valence-electron chi connectivity index (χ2n) is 13.8. The van der Waals surface area contributed by atoms with E-state index in [4.69, 9.17) is 0 Å². The van der Waals surface area contributed by atoms with Crippen molar-refractivity contribution in [3.8, 4) is 5.69 Å². The van der Waals surface area contributed by atoms with E-state index < -0.39 is 0 Å². The molecule has 0 spiro atoms. The third-order valence-electron chi connectivity index (χ3n) is 11.2. The van der Waals surface area contributed by atoms with Gasteiger partial charge in [-0.15, -0.1) is 5.10 Å². The number of benzene rings is 3. The Labute approximate surface area is 276 Å². The summed E-state index contributed by atoms with van der Waals surface area (Å²) in [7, 11) is 4.43. The van der Waals surface area contributed by atoms with Crippen molar-refractivity contribution in [1.82, 2.24) is 20.2 Å². The summed E-state index contributed by atoms with van der Waals surface area (Å²) < 4.78 is 1.85. The van der Waals surface area contributed by atoms with Gasteiger partial charge in [-0.05, 0) is 113 Å². The Bertz CT molecular complexity index is 2000. The van der Waals surface area contributed by atoms with Crippen molar-refractivity contribution in [3.63, 3.8) is 0 Å². The first kappa shape index (κ1) is 29.1. The van der Waals surface area contributed by atoms with Crippen LogP contribution in [0.3, 0.4) is 0 Å². The van der Waals surface area contributed by atoms with Crippen molar-refractivity contribution in [2.24, 2.45) is 0 Å². The summed E-state index contributed by atoms with van der Waals surface area (Å²) in [6.45, 7) is 9.45. The van der Waals surface area contributed by atoms with Crippen molar-refractivity contribution < 1.29 is 0 Å². The molecule has 0 radical (unpaired) electrons. The van der Waals surface area contributed by atoms with Crippen LogP contribution in [-0.2, 0) is 10.8 Å². The first-order chi connectivity index (χ1) is 22.2. The summed E-state index contributed by atoms with van der Waals surface area (Å²) in [5, 5.41) is 13.8.